The minimum absolute atomic E-state index is 0.195. The molecular formula is C21H35NO3. The SMILES string of the molecule is CCCCCCCC(=O)ONCc1ccc(C(O)CCCCC)cc1. The number of hydrogen-bond donors (Lipinski definition) is 2. The van der Waals surface area contributed by atoms with Crippen LogP contribution in [0.15, 0.2) is 24.3 Å². The third-order valence-corrected chi connectivity index (χ3v) is 4.39. The van der Waals surface area contributed by atoms with Crippen molar-refractivity contribution < 1.29 is 14.7 Å². The molecule has 0 aliphatic heterocycles. The van der Waals surface area contributed by atoms with Crippen molar-refractivity contribution in [3.63, 3.8) is 0 Å². The van der Waals surface area contributed by atoms with Crippen LogP contribution in [0, 0.1) is 0 Å². The van der Waals surface area contributed by atoms with Gasteiger partial charge < -0.3 is 9.94 Å². The summed E-state index contributed by atoms with van der Waals surface area (Å²) in [6, 6.07) is 7.82. The van der Waals surface area contributed by atoms with E-state index in [2.05, 4.69) is 19.3 Å². The molecule has 1 aromatic carbocycles. The molecule has 1 unspecified atom stereocenters. The first kappa shape index (κ1) is 21.7. The number of nitrogens with one attached hydrogen (secondary N) is 1. The Balaban J connectivity index is 2.19. The maximum atomic E-state index is 11.6. The maximum absolute atomic E-state index is 11.6. The highest BCUT2D eigenvalue weighted by atomic mass is 16.7. The van der Waals surface area contributed by atoms with Crippen molar-refractivity contribution >= 4 is 5.97 Å². The molecule has 1 rings (SSSR count). The van der Waals surface area contributed by atoms with E-state index in [1.165, 1.54) is 19.3 Å². The summed E-state index contributed by atoms with van der Waals surface area (Å²) in [4.78, 5) is 16.7. The largest absolute Gasteiger partial charge is 0.388 e. The van der Waals surface area contributed by atoms with Gasteiger partial charge in [0.25, 0.3) is 0 Å². The molecule has 0 radical (unpaired) electrons. The summed E-state index contributed by atoms with van der Waals surface area (Å²) in [7, 11) is 0. The number of hydroxylamine groups is 1. The molecule has 0 bridgehead atoms. The number of hydrogen-bond acceptors (Lipinski definition) is 4. The number of rotatable bonds is 14. The minimum Gasteiger partial charge on any atom is -0.388 e. The van der Waals surface area contributed by atoms with Gasteiger partial charge in [-0.05, 0) is 24.0 Å². The Bertz CT molecular complexity index is 459. The summed E-state index contributed by atoms with van der Waals surface area (Å²) in [6.07, 6.45) is 9.87. The van der Waals surface area contributed by atoms with Crippen LogP contribution in [0.3, 0.4) is 0 Å². The molecule has 0 amide bonds. The Morgan fingerprint density at radius 2 is 1.64 bits per heavy atom. The second kappa shape index (κ2) is 13.9. The topological polar surface area (TPSA) is 58.6 Å². The highest BCUT2D eigenvalue weighted by Gasteiger charge is 2.07. The summed E-state index contributed by atoms with van der Waals surface area (Å²) < 4.78 is 0. The number of carbonyl (C=O) groups excluding carboxylic acids is 1. The summed E-state index contributed by atoms with van der Waals surface area (Å²) in [6.45, 7) is 4.82. The molecule has 0 aromatic heterocycles. The van der Waals surface area contributed by atoms with Crippen molar-refractivity contribution in [1.82, 2.24) is 5.48 Å². The number of aliphatic hydroxyl groups excluding tert-OH is 1. The van der Waals surface area contributed by atoms with E-state index in [0.717, 1.165) is 49.7 Å². The number of unbranched alkanes of at least 4 members (excludes halogenated alkanes) is 6. The van der Waals surface area contributed by atoms with E-state index in [4.69, 9.17) is 4.84 Å². The Hall–Kier alpha value is -1.39. The zero-order chi connectivity index (χ0) is 18.3. The van der Waals surface area contributed by atoms with Gasteiger partial charge in [0.05, 0.1) is 12.6 Å². The molecule has 142 valence electrons. The fourth-order valence-electron chi connectivity index (χ4n) is 2.74. The molecule has 0 aliphatic carbocycles. The van der Waals surface area contributed by atoms with Crippen LogP contribution in [-0.4, -0.2) is 11.1 Å². The Morgan fingerprint density at radius 1 is 1.00 bits per heavy atom. The van der Waals surface area contributed by atoms with E-state index < -0.39 is 0 Å². The Kier molecular flexibility index (Phi) is 12.0. The lowest BCUT2D eigenvalue weighted by Crippen LogP contribution is -2.19. The quantitative estimate of drug-likeness (QED) is 0.358. The molecule has 4 heteroatoms. The maximum Gasteiger partial charge on any atom is 0.324 e. The number of carbonyl (C=O) groups is 1. The summed E-state index contributed by atoms with van der Waals surface area (Å²) in [5.41, 5.74) is 4.71. The lowest BCUT2D eigenvalue weighted by Gasteiger charge is -2.11. The standard InChI is InChI=1S/C21H35NO3/c1-3-5-7-8-10-12-21(24)25-22-17-18-13-15-19(16-14-18)20(23)11-9-6-4-2/h13-16,20,22-23H,3-12,17H2,1-2H3. The predicted octanol–water partition coefficient (Wildman–Crippen LogP) is 5.21. The van der Waals surface area contributed by atoms with Gasteiger partial charge in [-0.3, -0.25) is 4.79 Å². The summed E-state index contributed by atoms with van der Waals surface area (Å²) >= 11 is 0. The van der Waals surface area contributed by atoms with Crippen molar-refractivity contribution in [2.24, 2.45) is 0 Å². The van der Waals surface area contributed by atoms with Crippen molar-refractivity contribution in [2.75, 3.05) is 0 Å². The first-order valence-corrected chi connectivity index (χ1v) is 9.86. The van der Waals surface area contributed by atoms with Crippen molar-refractivity contribution in [3.8, 4) is 0 Å². The molecule has 0 fully saturated rings. The van der Waals surface area contributed by atoms with Gasteiger partial charge in [0.15, 0.2) is 0 Å². The number of aliphatic hydroxyl groups is 1. The molecule has 1 aromatic rings. The van der Waals surface area contributed by atoms with E-state index in [0.29, 0.717) is 13.0 Å². The summed E-state index contributed by atoms with van der Waals surface area (Å²) in [5, 5.41) is 10.1. The minimum atomic E-state index is -0.390. The highest BCUT2D eigenvalue weighted by Crippen LogP contribution is 2.20. The average molecular weight is 350 g/mol. The Morgan fingerprint density at radius 3 is 2.32 bits per heavy atom. The molecular weight excluding hydrogens is 314 g/mol. The zero-order valence-corrected chi connectivity index (χ0v) is 15.9. The van der Waals surface area contributed by atoms with E-state index >= 15 is 0 Å². The van der Waals surface area contributed by atoms with E-state index in [1.54, 1.807) is 0 Å². The smallest absolute Gasteiger partial charge is 0.324 e. The van der Waals surface area contributed by atoms with Crippen LogP contribution in [0.1, 0.15) is 95.3 Å². The van der Waals surface area contributed by atoms with Crippen LogP contribution in [-0.2, 0) is 16.2 Å². The van der Waals surface area contributed by atoms with Crippen LogP contribution in [0.4, 0.5) is 0 Å². The third kappa shape index (κ3) is 10.3. The van der Waals surface area contributed by atoms with Gasteiger partial charge in [0, 0.05) is 6.42 Å². The normalized spacial score (nSPS) is 12.1. The van der Waals surface area contributed by atoms with Crippen LogP contribution >= 0.6 is 0 Å². The molecule has 1 atom stereocenters. The zero-order valence-electron chi connectivity index (χ0n) is 15.9. The molecule has 4 nitrogen and oxygen atoms in total. The molecule has 25 heavy (non-hydrogen) atoms. The van der Waals surface area contributed by atoms with Crippen LogP contribution < -0.4 is 5.48 Å². The van der Waals surface area contributed by atoms with Gasteiger partial charge in [-0.25, -0.2) is 0 Å². The van der Waals surface area contributed by atoms with Gasteiger partial charge in [0.1, 0.15) is 0 Å². The van der Waals surface area contributed by atoms with Crippen LogP contribution in [0.25, 0.3) is 0 Å². The van der Waals surface area contributed by atoms with Crippen molar-refractivity contribution in [1.29, 1.82) is 0 Å². The molecule has 0 spiro atoms. The van der Waals surface area contributed by atoms with Crippen LogP contribution in [0.5, 0.6) is 0 Å². The van der Waals surface area contributed by atoms with Gasteiger partial charge in [-0.2, -0.15) is 0 Å². The Labute approximate surface area is 152 Å². The second-order valence-corrected chi connectivity index (χ2v) is 6.71. The lowest BCUT2D eigenvalue weighted by molar-refractivity contribution is -0.151. The average Bonchev–Trinajstić information content (AvgIpc) is 2.62. The first-order chi connectivity index (χ1) is 12.2. The molecule has 2 N–H and O–H groups in total. The van der Waals surface area contributed by atoms with Crippen molar-refractivity contribution in [3.05, 3.63) is 35.4 Å². The molecule has 0 heterocycles. The predicted molar refractivity (Wildman–Crippen MR) is 102 cm³/mol. The fraction of sp³-hybridized carbons (Fsp3) is 0.667. The van der Waals surface area contributed by atoms with Gasteiger partial charge in [-0.15, -0.1) is 5.48 Å². The third-order valence-electron chi connectivity index (χ3n) is 4.39. The van der Waals surface area contributed by atoms with E-state index in [1.807, 2.05) is 24.3 Å². The first-order valence-electron chi connectivity index (χ1n) is 9.86. The van der Waals surface area contributed by atoms with Crippen molar-refractivity contribution in [2.45, 2.75) is 90.7 Å². The van der Waals surface area contributed by atoms with Gasteiger partial charge in [0.2, 0.25) is 0 Å². The monoisotopic (exact) mass is 349 g/mol. The molecule has 0 saturated carbocycles. The van der Waals surface area contributed by atoms with Gasteiger partial charge >= 0.3 is 5.97 Å². The fourth-order valence-corrected chi connectivity index (χ4v) is 2.74. The van der Waals surface area contributed by atoms with E-state index in [9.17, 15) is 9.90 Å². The molecule has 0 saturated heterocycles. The molecule has 0 aliphatic rings. The van der Waals surface area contributed by atoms with Gasteiger partial charge in [-0.1, -0.05) is 83.1 Å². The van der Waals surface area contributed by atoms with E-state index in [-0.39, 0.29) is 12.1 Å². The lowest BCUT2D eigenvalue weighted by atomic mass is 10.0. The summed E-state index contributed by atoms with van der Waals surface area (Å²) in [5.74, 6) is -0.195. The number of benzene rings is 1. The van der Waals surface area contributed by atoms with Crippen LogP contribution in [0.2, 0.25) is 0 Å². The highest BCUT2D eigenvalue weighted by molar-refractivity contribution is 5.68. The second-order valence-electron chi connectivity index (χ2n) is 6.71.